The lowest BCUT2D eigenvalue weighted by Crippen LogP contribution is -2.39. The highest BCUT2D eigenvalue weighted by molar-refractivity contribution is 8.12. The lowest BCUT2D eigenvalue weighted by molar-refractivity contribution is -0.388. The number of nitrogens with one attached hydrogen (secondary N) is 4. The lowest BCUT2D eigenvalue weighted by atomic mass is 10.0. The lowest BCUT2D eigenvalue weighted by Gasteiger charge is -2.25. The van der Waals surface area contributed by atoms with Crippen LogP contribution < -0.4 is 9.11 Å². The van der Waals surface area contributed by atoms with E-state index in [0.29, 0.717) is 0 Å². The molecule has 14 nitrogen and oxygen atoms in total. The van der Waals surface area contributed by atoms with Crippen LogP contribution in [0.2, 0.25) is 0 Å². The number of aromatic nitrogens is 4. The molecule has 0 atom stereocenters. The molecule has 18 heteroatoms. The maximum atomic E-state index is 10.6. The fourth-order valence-corrected chi connectivity index (χ4v) is 14.3. The van der Waals surface area contributed by atoms with E-state index in [4.69, 9.17) is 0 Å². The van der Waals surface area contributed by atoms with Crippen LogP contribution in [0.15, 0.2) is 24.8 Å². The van der Waals surface area contributed by atoms with Crippen LogP contribution in [-0.4, -0.2) is 71.6 Å². The number of imidazole rings is 2. The van der Waals surface area contributed by atoms with Crippen LogP contribution >= 0.6 is 0 Å². The smallest absolute Gasteiger partial charge is 0.251 e. The highest BCUT2D eigenvalue weighted by atomic mass is 32.3. The van der Waals surface area contributed by atoms with Gasteiger partial charge in [-0.2, -0.15) is 0 Å². The largest absolute Gasteiger partial charge is 0.436 e. The van der Waals surface area contributed by atoms with E-state index in [9.17, 15) is 33.7 Å². The number of hydrogen-bond acceptors (Lipinski definition) is 9. The molecule has 4 rings (SSSR count). The van der Waals surface area contributed by atoms with Crippen LogP contribution in [0.25, 0.3) is 4.13 Å². The molecule has 2 aromatic rings. The first kappa shape index (κ1) is 60.2. The predicted octanol–water partition coefficient (Wildman–Crippen LogP) is 11.1. The molecular weight excluding hydrogens is 893 g/mol. The Morgan fingerprint density at radius 1 is 0.469 bits per heavy atom. The van der Waals surface area contributed by atoms with Gasteiger partial charge >= 0.3 is 0 Å². The molecule has 0 radical (unpaired) electrons. The van der Waals surface area contributed by atoms with Gasteiger partial charge in [0.1, 0.15) is 18.2 Å². The minimum atomic E-state index is -3.65. The van der Waals surface area contributed by atoms with E-state index in [0.717, 1.165) is 12.2 Å². The molecule has 376 valence electrons. The Bertz CT molecular complexity index is 1590. The Morgan fingerprint density at radius 3 is 1.11 bits per heavy atom. The third-order valence-corrected chi connectivity index (χ3v) is 18.4. The van der Waals surface area contributed by atoms with Gasteiger partial charge in [-0.05, 0) is 25.7 Å². The molecule has 0 amide bonds. The fourth-order valence-electron chi connectivity index (χ4n) is 7.63. The van der Waals surface area contributed by atoms with Crippen LogP contribution in [0.1, 0.15) is 231 Å². The highest BCUT2D eigenvalue weighted by Crippen LogP contribution is 2.19. The molecule has 0 spiro atoms. The summed E-state index contributed by atoms with van der Waals surface area (Å²) in [5.74, 6) is 1.95. The fraction of sp³-hybridized carbons (Fsp3) is 0.870. The van der Waals surface area contributed by atoms with Crippen LogP contribution in [0.4, 0.5) is 0 Å². The molecule has 0 unspecified atom stereocenters. The molecule has 0 saturated carbocycles. The van der Waals surface area contributed by atoms with Crippen LogP contribution in [0, 0.1) is 0 Å². The molecule has 2 saturated heterocycles. The molecule has 64 heavy (non-hydrogen) atoms. The third-order valence-electron chi connectivity index (χ3n) is 11.3. The van der Waals surface area contributed by atoms with E-state index in [-0.39, 0.29) is 35.9 Å². The number of aromatic amines is 3. The molecule has 0 aromatic carbocycles. The summed E-state index contributed by atoms with van der Waals surface area (Å²) in [5.41, 5.74) is 0. The monoisotopic (exact) mass is 983 g/mol. The second kappa shape index (κ2) is 38.1. The second-order valence-corrected chi connectivity index (χ2v) is 25.3. The maximum absolute atomic E-state index is 10.6. The first-order valence-electron chi connectivity index (χ1n) is 25.1. The van der Waals surface area contributed by atoms with Gasteiger partial charge in [-0.1, -0.05) is 194 Å². The van der Waals surface area contributed by atoms with Gasteiger partial charge < -0.3 is 9.11 Å². The zero-order chi connectivity index (χ0) is 47.1. The zero-order valence-electron chi connectivity index (χ0n) is 40.0. The Morgan fingerprint density at radius 2 is 0.828 bits per heavy atom. The van der Waals surface area contributed by atoms with E-state index in [1.807, 2.05) is 24.8 Å². The van der Waals surface area contributed by atoms with E-state index in [1.54, 1.807) is 4.13 Å². The van der Waals surface area contributed by atoms with Crippen molar-refractivity contribution >= 4 is 40.1 Å². The summed E-state index contributed by atoms with van der Waals surface area (Å²) < 4.78 is 88.7. The number of hydrogen-bond donors (Lipinski definition) is 3. The summed E-state index contributed by atoms with van der Waals surface area (Å²) in [6.45, 7) is 4.58. The van der Waals surface area contributed by atoms with Gasteiger partial charge in [0, 0.05) is 36.7 Å². The zero-order valence-corrected chi connectivity index (χ0v) is 43.2. The highest BCUT2D eigenvalue weighted by Gasteiger charge is 2.25. The predicted molar refractivity (Wildman–Crippen MR) is 264 cm³/mol. The van der Waals surface area contributed by atoms with Crippen molar-refractivity contribution in [1.82, 2.24) is 19.1 Å². The van der Waals surface area contributed by atoms with Crippen molar-refractivity contribution in [2.45, 2.75) is 232 Å². The Balaban J connectivity index is 0.000000454. The molecule has 4 heterocycles. The van der Waals surface area contributed by atoms with Crippen molar-refractivity contribution in [2.75, 3.05) is 23.0 Å². The third kappa shape index (κ3) is 38.3. The van der Waals surface area contributed by atoms with Crippen molar-refractivity contribution in [3.63, 3.8) is 0 Å². The molecule has 0 bridgehead atoms. The number of aryl methyl sites for hydroxylation is 2. The van der Waals surface area contributed by atoms with Crippen LogP contribution in [0.5, 0.6) is 0 Å². The molecule has 2 aliphatic rings. The molecule has 2 fully saturated rings. The maximum Gasteiger partial charge on any atom is 0.251 e. The number of nitrogens with zero attached hydrogens (tertiary/aromatic N) is 2. The summed E-state index contributed by atoms with van der Waals surface area (Å²) in [7, 11) is -14.4. The average Bonchev–Trinajstić information content (AvgIpc) is 3.95. The summed E-state index contributed by atoms with van der Waals surface area (Å²) in [6.07, 6.45) is 53.3. The molecule has 2 aromatic heterocycles. The topological polar surface area (TPSA) is 221 Å². The van der Waals surface area contributed by atoms with E-state index in [1.165, 1.54) is 205 Å². The normalized spacial score (nSPS) is 16.9. The number of sulfonamides is 4. The summed E-state index contributed by atoms with van der Waals surface area (Å²) >= 11 is 0. The molecular formula is C46H90N6O8S4. The SMILES string of the molecule is CCCCCCCCCCCCCCCCCc1[nH]cc[nH+]1.CCCCCCCCCCCCCCCCCc1ncc[nH]1.O=S1(=O)CCCS(=O)(=O)N1.O=S1(=O)CCCS(=O)(=O)[N-]1. The van der Waals surface area contributed by atoms with Crippen molar-refractivity contribution in [3.8, 4) is 0 Å². The van der Waals surface area contributed by atoms with Gasteiger partial charge in [-0.15, -0.1) is 4.13 Å². The molecule has 2 aliphatic heterocycles. The molecule has 4 N–H and O–H groups in total. The first-order valence-corrected chi connectivity index (χ1v) is 31.7. The van der Waals surface area contributed by atoms with Crippen molar-refractivity contribution in [3.05, 3.63) is 40.6 Å². The van der Waals surface area contributed by atoms with E-state index < -0.39 is 40.1 Å². The first-order chi connectivity index (χ1) is 30.7. The van der Waals surface area contributed by atoms with Gasteiger partial charge in [0.05, 0.1) is 31.6 Å². The Kier molecular flexibility index (Phi) is 35.9. The minimum Gasteiger partial charge on any atom is -0.436 e. The van der Waals surface area contributed by atoms with Crippen molar-refractivity contribution < 1.29 is 38.7 Å². The Hall–Kier alpha value is -1.86. The summed E-state index contributed by atoms with van der Waals surface area (Å²) in [5, 5.41) is 0. The van der Waals surface area contributed by atoms with Crippen LogP contribution in [-0.2, 0) is 52.9 Å². The van der Waals surface area contributed by atoms with Gasteiger partial charge in [0.25, 0.3) is 5.82 Å². The summed E-state index contributed by atoms with van der Waals surface area (Å²) in [6, 6.07) is 0. The standard InChI is InChI=1S/2C20H38N2.C3H7NO4S2.C3H6NO4S2/c2*1-2-3-4-5-6-7-8-9-10-11-12-13-14-15-16-17-20-21-18-19-22-20;2*5-9(6)2-1-3-10(7,8)4-9/h2*18-19H,2-17H2,1H3,(H,21,22);4H,1-3H2;1-3H2/q;;;-1/p+1. The van der Waals surface area contributed by atoms with Crippen molar-refractivity contribution in [2.24, 2.45) is 0 Å². The Labute approximate surface area is 391 Å². The summed E-state index contributed by atoms with van der Waals surface area (Å²) in [4.78, 5) is 13.9. The number of rotatable bonds is 32. The minimum absolute atomic E-state index is 0.0910. The van der Waals surface area contributed by atoms with E-state index in [2.05, 4.69) is 37.9 Å². The second-order valence-electron chi connectivity index (χ2n) is 17.6. The average molecular weight is 984 g/mol. The number of unbranched alkanes of at least 4 members (excludes halogenated alkanes) is 28. The van der Waals surface area contributed by atoms with Gasteiger partial charge in [-0.3, -0.25) is 0 Å². The van der Waals surface area contributed by atoms with Gasteiger partial charge in [-0.25, -0.2) is 48.6 Å². The quantitative estimate of drug-likeness (QED) is 0.0593. The van der Waals surface area contributed by atoms with Gasteiger partial charge in [0.2, 0.25) is 20.0 Å². The van der Waals surface area contributed by atoms with Crippen molar-refractivity contribution in [1.29, 1.82) is 0 Å². The van der Waals surface area contributed by atoms with Gasteiger partial charge in [0.15, 0.2) is 0 Å². The van der Waals surface area contributed by atoms with Crippen LogP contribution in [0.3, 0.4) is 0 Å². The van der Waals surface area contributed by atoms with E-state index >= 15 is 0 Å². The molecule has 0 aliphatic carbocycles. The number of H-pyrrole nitrogens is 3.